The second-order valence-electron chi connectivity index (χ2n) is 8.67. The minimum Gasteiger partial charge on any atom is -0.324 e. The molecule has 2 N–H and O–H groups in total. The predicted molar refractivity (Wildman–Crippen MR) is 110 cm³/mol. The highest BCUT2D eigenvalue weighted by atomic mass is 35.5. The minimum atomic E-state index is -1.26. The highest BCUT2D eigenvalue weighted by molar-refractivity contribution is 7.98. The van der Waals surface area contributed by atoms with Gasteiger partial charge in [0.1, 0.15) is 5.54 Å². The molecule has 0 bridgehead atoms. The summed E-state index contributed by atoms with van der Waals surface area (Å²) in [4.78, 5) is 41.4. The fourth-order valence-corrected chi connectivity index (χ4v) is 5.59. The van der Waals surface area contributed by atoms with Gasteiger partial charge in [0.15, 0.2) is 0 Å². The summed E-state index contributed by atoms with van der Waals surface area (Å²) in [6, 6.07) is 4.93. The molecule has 0 radical (unpaired) electrons. The zero-order valence-electron chi connectivity index (χ0n) is 16.3. The summed E-state index contributed by atoms with van der Waals surface area (Å²) >= 11 is 7.91. The molecule has 1 spiro atoms. The van der Waals surface area contributed by atoms with Crippen LogP contribution in [0.1, 0.15) is 32.8 Å². The summed E-state index contributed by atoms with van der Waals surface area (Å²) in [6.45, 7) is 5.54. The first-order valence-corrected chi connectivity index (χ1v) is 11.2. The number of carbonyl (C=O) groups excluding carboxylic acids is 3. The summed E-state index contributed by atoms with van der Waals surface area (Å²) in [5.41, 5.74) is -0.610. The van der Waals surface area contributed by atoms with Gasteiger partial charge in [0.2, 0.25) is 17.7 Å². The molecule has 8 heteroatoms. The van der Waals surface area contributed by atoms with Crippen molar-refractivity contribution < 1.29 is 14.4 Å². The number of imide groups is 1. The van der Waals surface area contributed by atoms with E-state index in [2.05, 4.69) is 10.6 Å². The maximum atomic E-state index is 13.5. The lowest BCUT2D eigenvalue weighted by Crippen LogP contribution is -2.55. The Hall–Kier alpha value is -1.57. The van der Waals surface area contributed by atoms with Gasteiger partial charge in [0.25, 0.3) is 0 Å². The van der Waals surface area contributed by atoms with Crippen LogP contribution in [-0.2, 0) is 19.9 Å². The van der Waals surface area contributed by atoms with Gasteiger partial charge in [0, 0.05) is 27.9 Å². The Labute approximate surface area is 173 Å². The zero-order valence-corrected chi connectivity index (χ0v) is 17.9. The van der Waals surface area contributed by atoms with Crippen LogP contribution in [0.5, 0.6) is 0 Å². The lowest BCUT2D eigenvalue weighted by atomic mass is 9.76. The molecule has 6 nitrogen and oxygen atoms in total. The molecule has 0 aliphatic carbocycles. The highest BCUT2D eigenvalue weighted by Crippen LogP contribution is 2.54. The van der Waals surface area contributed by atoms with Gasteiger partial charge in [-0.15, -0.1) is 0 Å². The Morgan fingerprint density at radius 3 is 2.57 bits per heavy atom. The molecule has 0 unspecified atom stereocenters. The second-order valence-corrected chi connectivity index (χ2v) is 10.1. The Kier molecular flexibility index (Phi) is 4.56. The molecule has 3 aliphatic heterocycles. The fraction of sp³-hybridized carbons (Fsp3) is 0.550. The average molecular weight is 422 g/mol. The van der Waals surface area contributed by atoms with Gasteiger partial charge in [-0.2, -0.15) is 11.8 Å². The molecular formula is C20H24ClN3O3S. The van der Waals surface area contributed by atoms with E-state index in [9.17, 15) is 14.4 Å². The predicted octanol–water partition coefficient (Wildman–Crippen LogP) is 2.61. The number of benzene rings is 1. The number of amides is 3. The molecule has 1 aromatic carbocycles. The van der Waals surface area contributed by atoms with Crippen LogP contribution in [0.25, 0.3) is 0 Å². The third-order valence-corrected chi connectivity index (χ3v) is 6.86. The molecule has 2 saturated heterocycles. The number of anilines is 1. The summed E-state index contributed by atoms with van der Waals surface area (Å²) < 4.78 is 0. The lowest BCUT2D eigenvalue weighted by Gasteiger charge is -2.34. The van der Waals surface area contributed by atoms with Gasteiger partial charge in [-0.1, -0.05) is 11.6 Å². The molecule has 4 rings (SSSR count). The first-order valence-electron chi connectivity index (χ1n) is 9.39. The van der Waals surface area contributed by atoms with E-state index in [-0.39, 0.29) is 23.8 Å². The smallest absolute Gasteiger partial charge is 0.250 e. The summed E-state index contributed by atoms with van der Waals surface area (Å²) in [6.07, 6.45) is 2.70. The van der Waals surface area contributed by atoms with Crippen LogP contribution in [0.3, 0.4) is 0 Å². The van der Waals surface area contributed by atoms with Crippen molar-refractivity contribution in [3.8, 4) is 0 Å². The van der Waals surface area contributed by atoms with Gasteiger partial charge in [-0.3, -0.25) is 24.6 Å². The van der Waals surface area contributed by atoms with Crippen LogP contribution in [0.15, 0.2) is 18.2 Å². The number of thioether (sulfide) groups is 1. The SMILES string of the molecule is CSCC[C@H]1N[C@]2(C(=O)Nc3ccc(Cl)cc32)[C@@H]2C(=O)N(C(C)(C)C)C(=O)[C@@H]21. The Morgan fingerprint density at radius 1 is 1.21 bits per heavy atom. The molecule has 3 aliphatic rings. The molecular weight excluding hydrogens is 398 g/mol. The van der Waals surface area contributed by atoms with Gasteiger partial charge < -0.3 is 5.32 Å². The van der Waals surface area contributed by atoms with E-state index in [1.54, 1.807) is 30.0 Å². The maximum Gasteiger partial charge on any atom is 0.250 e. The van der Waals surface area contributed by atoms with Crippen molar-refractivity contribution in [2.24, 2.45) is 11.8 Å². The van der Waals surface area contributed by atoms with Crippen LogP contribution in [0, 0.1) is 11.8 Å². The monoisotopic (exact) mass is 421 g/mol. The highest BCUT2D eigenvalue weighted by Gasteiger charge is 2.71. The van der Waals surface area contributed by atoms with E-state index in [0.29, 0.717) is 22.7 Å². The molecule has 28 heavy (non-hydrogen) atoms. The van der Waals surface area contributed by atoms with Crippen LogP contribution in [0.4, 0.5) is 5.69 Å². The van der Waals surface area contributed by atoms with Crippen molar-refractivity contribution in [2.45, 2.75) is 44.3 Å². The molecule has 0 aromatic heterocycles. The van der Waals surface area contributed by atoms with E-state index in [4.69, 9.17) is 11.6 Å². The molecule has 3 heterocycles. The minimum absolute atomic E-state index is 0.193. The van der Waals surface area contributed by atoms with Crippen molar-refractivity contribution in [1.82, 2.24) is 10.2 Å². The van der Waals surface area contributed by atoms with Gasteiger partial charge >= 0.3 is 0 Å². The molecule has 3 amide bonds. The quantitative estimate of drug-likeness (QED) is 0.733. The number of halogens is 1. The number of hydrogen-bond donors (Lipinski definition) is 2. The van der Waals surface area contributed by atoms with Gasteiger partial charge in [-0.25, -0.2) is 0 Å². The number of carbonyl (C=O) groups is 3. The van der Waals surface area contributed by atoms with Crippen LogP contribution >= 0.6 is 23.4 Å². The van der Waals surface area contributed by atoms with Gasteiger partial charge in [0.05, 0.1) is 11.8 Å². The topological polar surface area (TPSA) is 78.5 Å². The summed E-state index contributed by atoms with van der Waals surface area (Å²) in [5.74, 6) is -1.27. The molecule has 4 atom stereocenters. The van der Waals surface area contributed by atoms with Crippen LogP contribution in [-0.4, -0.2) is 46.2 Å². The first-order chi connectivity index (χ1) is 13.1. The Bertz CT molecular complexity index is 884. The standard InChI is InChI=1S/C20H24ClN3O3S/c1-19(2,3)24-16(25)14-13(7-8-28-4)23-20(15(14)17(24)26)11-9-10(21)5-6-12(11)22-18(20)27/h5-6,9,13-15,23H,7-8H2,1-4H3,(H,22,27)/t13-,14-,15+,20+/m1/s1. The van der Waals surface area contributed by atoms with Crippen LogP contribution in [0.2, 0.25) is 5.02 Å². The average Bonchev–Trinajstić information content (AvgIpc) is 3.18. The number of likely N-dealkylation sites (tertiary alicyclic amines) is 1. The Balaban J connectivity index is 1.89. The van der Waals surface area contributed by atoms with Gasteiger partial charge in [-0.05, 0) is 57.4 Å². The van der Waals surface area contributed by atoms with Crippen LogP contribution < -0.4 is 10.6 Å². The number of fused-ring (bicyclic) bond motifs is 4. The third-order valence-electron chi connectivity index (χ3n) is 5.98. The maximum absolute atomic E-state index is 13.5. The van der Waals surface area contributed by atoms with E-state index >= 15 is 0 Å². The second kappa shape index (κ2) is 6.47. The lowest BCUT2D eigenvalue weighted by molar-refractivity contribution is -0.147. The molecule has 2 fully saturated rings. The normalized spacial score (nSPS) is 31.5. The van der Waals surface area contributed by atoms with Crippen molar-refractivity contribution in [2.75, 3.05) is 17.3 Å². The molecule has 0 saturated carbocycles. The molecule has 150 valence electrons. The van der Waals surface area contributed by atoms with E-state index in [1.807, 2.05) is 27.0 Å². The number of rotatable bonds is 3. The van der Waals surface area contributed by atoms with Crippen molar-refractivity contribution >= 4 is 46.8 Å². The molecule has 1 aromatic rings. The summed E-state index contributed by atoms with van der Waals surface area (Å²) in [5, 5.41) is 6.80. The van der Waals surface area contributed by atoms with Crippen molar-refractivity contribution in [1.29, 1.82) is 0 Å². The first kappa shape index (κ1) is 19.7. The van der Waals surface area contributed by atoms with E-state index < -0.39 is 22.9 Å². The zero-order chi connectivity index (χ0) is 20.4. The number of nitrogens with one attached hydrogen (secondary N) is 2. The Morgan fingerprint density at radius 2 is 1.93 bits per heavy atom. The van der Waals surface area contributed by atoms with Crippen molar-refractivity contribution in [3.63, 3.8) is 0 Å². The van der Waals surface area contributed by atoms with E-state index in [0.717, 1.165) is 5.75 Å². The fourth-order valence-electron chi connectivity index (χ4n) is 4.93. The largest absolute Gasteiger partial charge is 0.324 e. The van der Waals surface area contributed by atoms with E-state index in [1.165, 1.54) is 4.90 Å². The van der Waals surface area contributed by atoms with Crippen molar-refractivity contribution in [3.05, 3.63) is 28.8 Å². The summed E-state index contributed by atoms with van der Waals surface area (Å²) in [7, 11) is 0. The number of hydrogen-bond acceptors (Lipinski definition) is 5. The third kappa shape index (κ3) is 2.56. The number of nitrogens with zero attached hydrogens (tertiary/aromatic N) is 1.